The van der Waals surface area contributed by atoms with E-state index in [9.17, 15) is 18.0 Å². The van der Waals surface area contributed by atoms with Crippen LogP contribution in [0.3, 0.4) is 0 Å². The fourth-order valence-corrected chi connectivity index (χ4v) is 1.46. The molecule has 2 rings (SSSR count). The summed E-state index contributed by atoms with van der Waals surface area (Å²) in [6, 6.07) is 5.46. The highest BCUT2D eigenvalue weighted by Gasteiger charge is 2.43. The molecule has 0 fully saturated rings. The summed E-state index contributed by atoms with van der Waals surface area (Å²) in [6.45, 7) is 1.54. The largest absolute Gasteiger partial charge is 0.360 e. The molecule has 0 aliphatic carbocycles. The number of hydrogen-bond acceptors (Lipinski definition) is 3. The maximum atomic E-state index is 13.8. The van der Waals surface area contributed by atoms with Gasteiger partial charge in [-0.1, -0.05) is 17.3 Å². The normalized spacial score (nSPS) is 11.4. The van der Waals surface area contributed by atoms with Gasteiger partial charge in [-0.05, 0) is 19.1 Å². The number of alkyl halides is 2. The van der Waals surface area contributed by atoms with Crippen LogP contribution in [0.15, 0.2) is 34.9 Å². The Morgan fingerprint density at radius 1 is 1.37 bits per heavy atom. The molecule has 0 saturated carbocycles. The molecule has 0 aliphatic heterocycles. The van der Waals surface area contributed by atoms with E-state index in [-0.39, 0.29) is 5.82 Å². The highest BCUT2D eigenvalue weighted by molar-refractivity contribution is 5.96. The lowest BCUT2D eigenvalue weighted by molar-refractivity contribution is -0.141. The number of nitrogens with zero attached hydrogens (tertiary/aromatic N) is 1. The minimum Gasteiger partial charge on any atom is -0.360 e. The van der Waals surface area contributed by atoms with Crippen LogP contribution in [-0.4, -0.2) is 11.1 Å². The van der Waals surface area contributed by atoms with Gasteiger partial charge >= 0.3 is 11.8 Å². The molecule has 0 unspecified atom stereocenters. The van der Waals surface area contributed by atoms with Gasteiger partial charge in [-0.15, -0.1) is 0 Å². The highest BCUT2D eigenvalue weighted by Crippen LogP contribution is 2.31. The fraction of sp³-hybridized carbons (Fsp3) is 0.167. The number of nitrogens with one attached hydrogen (secondary N) is 1. The van der Waals surface area contributed by atoms with E-state index in [1.54, 1.807) is 0 Å². The lowest BCUT2D eigenvalue weighted by atomic mass is 10.1. The molecular formula is C12H9F3N2O2. The second kappa shape index (κ2) is 4.75. The number of hydrogen-bond donors (Lipinski definition) is 1. The maximum absolute atomic E-state index is 13.8. The number of carbonyl (C=O) groups is 1. The maximum Gasteiger partial charge on any atom is 0.352 e. The van der Waals surface area contributed by atoms with Crippen molar-refractivity contribution < 1.29 is 22.5 Å². The van der Waals surface area contributed by atoms with E-state index in [1.165, 1.54) is 25.1 Å². The smallest absolute Gasteiger partial charge is 0.352 e. The number of aryl methyl sites for hydroxylation is 1. The molecule has 19 heavy (non-hydrogen) atoms. The van der Waals surface area contributed by atoms with E-state index in [4.69, 9.17) is 0 Å². The summed E-state index contributed by atoms with van der Waals surface area (Å²) in [6.07, 6.45) is 0. The van der Waals surface area contributed by atoms with Gasteiger partial charge < -0.3 is 9.84 Å². The van der Waals surface area contributed by atoms with Gasteiger partial charge in [0.25, 0.3) is 0 Å². The average Bonchev–Trinajstić information content (AvgIpc) is 2.75. The molecule has 1 aromatic carbocycles. The van der Waals surface area contributed by atoms with Crippen LogP contribution in [0.25, 0.3) is 0 Å². The Hall–Kier alpha value is -2.31. The zero-order valence-electron chi connectivity index (χ0n) is 9.78. The van der Waals surface area contributed by atoms with E-state index in [0.717, 1.165) is 12.1 Å². The molecule has 100 valence electrons. The van der Waals surface area contributed by atoms with Gasteiger partial charge in [-0.25, -0.2) is 4.39 Å². The molecule has 0 atom stereocenters. The summed E-state index contributed by atoms with van der Waals surface area (Å²) in [7, 11) is 0. The van der Waals surface area contributed by atoms with Crippen molar-refractivity contribution in [3.8, 4) is 0 Å². The first kappa shape index (κ1) is 13.1. The number of benzene rings is 1. The molecule has 7 heteroatoms. The highest BCUT2D eigenvalue weighted by atomic mass is 19.3. The SMILES string of the molecule is Cc1cc(NC(=O)C(F)(F)c2ccccc2F)no1. The molecule has 0 bridgehead atoms. The van der Waals surface area contributed by atoms with Crippen molar-refractivity contribution in [2.24, 2.45) is 0 Å². The molecule has 1 N–H and O–H groups in total. The number of aromatic nitrogens is 1. The zero-order valence-corrected chi connectivity index (χ0v) is 9.78. The summed E-state index contributed by atoms with van der Waals surface area (Å²) in [4.78, 5) is 11.5. The number of amides is 1. The van der Waals surface area contributed by atoms with Crippen LogP contribution >= 0.6 is 0 Å². The van der Waals surface area contributed by atoms with Crippen LogP contribution in [0, 0.1) is 12.7 Å². The van der Waals surface area contributed by atoms with Crippen molar-refractivity contribution in [2.45, 2.75) is 12.8 Å². The van der Waals surface area contributed by atoms with Crippen LogP contribution in [0.1, 0.15) is 11.3 Å². The fourth-order valence-electron chi connectivity index (χ4n) is 1.46. The van der Waals surface area contributed by atoms with Crippen LogP contribution in [-0.2, 0) is 10.7 Å². The Kier molecular flexibility index (Phi) is 3.28. The average molecular weight is 270 g/mol. The molecule has 0 spiro atoms. The molecule has 1 amide bonds. The third kappa shape index (κ3) is 2.59. The minimum atomic E-state index is -4.00. The van der Waals surface area contributed by atoms with Crippen LogP contribution in [0.5, 0.6) is 0 Å². The predicted octanol–water partition coefficient (Wildman–Crippen LogP) is 2.85. The van der Waals surface area contributed by atoms with Gasteiger partial charge in [0.2, 0.25) is 0 Å². The molecule has 1 heterocycles. The van der Waals surface area contributed by atoms with E-state index in [0.29, 0.717) is 5.76 Å². The Bertz CT molecular complexity index is 611. The van der Waals surface area contributed by atoms with Crippen LogP contribution < -0.4 is 5.32 Å². The lowest BCUT2D eigenvalue weighted by Crippen LogP contribution is -2.33. The topological polar surface area (TPSA) is 55.1 Å². The Morgan fingerprint density at radius 2 is 2.05 bits per heavy atom. The van der Waals surface area contributed by atoms with Gasteiger partial charge in [0.1, 0.15) is 11.6 Å². The van der Waals surface area contributed by atoms with Crippen molar-refractivity contribution in [3.05, 3.63) is 47.5 Å². The first-order valence-corrected chi connectivity index (χ1v) is 5.29. The van der Waals surface area contributed by atoms with Crippen molar-refractivity contribution in [1.82, 2.24) is 5.16 Å². The molecule has 2 aromatic rings. The minimum absolute atomic E-state index is 0.154. The molecule has 0 aliphatic rings. The molecule has 0 radical (unpaired) electrons. The quantitative estimate of drug-likeness (QED) is 0.933. The first-order chi connectivity index (χ1) is 8.91. The van der Waals surface area contributed by atoms with Gasteiger partial charge in [-0.2, -0.15) is 8.78 Å². The van der Waals surface area contributed by atoms with E-state index in [1.807, 2.05) is 5.32 Å². The monoisotopic (exact) mass is 270 g/mol. The second-order valence-electron chi connectivity index (χ2n) is 3.83. The van der Waals surface area contributed by atoms with Crippen LogP contribution in [0.2, 0.25) is 0 Å². The van der Waals surface area contributed by atoms with Gasteiger partial charge in [-0.3, -0.25) is 4.79 Å². The molecule has 1 aromatic heterocycles. The third-order valence-corrected chi connectivity index (χ3v) is 2.37. The van der Waals surface area contributed by atoms with E-state index < -0.39 is 23.2 Å². The van der Waals surface area contributed by atoms with Crippen molar-refractivity contribution in [1.29, 1.82) is 0 Å². The second-order valence-corrected chi connectivity index (χ2v) is 3.83. The third-order valence-electron chi connectivity index (χ3n) is 2.37. The van der Waals surface area contributed by atoms with Gasteiger partial charge in [0.05, 0.1) is 5.56 Å². The van der Waals surface area contributed by atoms with Crippen molar-refractivity contribution in [2.75, 3.05) is 5.32 Å². The summed E-state index contributed by atoms with van der Waals surface area (Å²) in [5, 5.41) is 5.22. The Balaban J connectivity index is 2.24. The predicted molar refractivity (Wildman–Crippen MR) is 60.2 cm³/mol. The van der Waals surface area contributed by atoms with E-state index in [2.05, 4.69) is 9.68 Å². The molecule has 0 saturated heterocycles. The lowest BCUT2D eigenvalue weighted by Gasteiger charge is -2.15. The Morgan fingerprint density at radius 3 is 2.63 bits per heavy atom. The summed E-state index contributed by atoms with van der Waals surface area (Å²) in [5.41, 5.74) is -0.993. The summed E-state index contributed by atoms with van der Waals surface area (Å²) < 4.78 is 45.5. The summed E-state index contributed by atoms with van der Waals surface area (Å²) >= 11 is 0. The standard InChI is InChI=1S/C12H9F3N2O2/c1-7-6-10(17-19-7)16-11(18)12(14,15)8-4-2-3-5-9(8)13/h2-6H,1H3,(H,16,17,18). The van der Waals surface area contributed by atoms with Gasteiger partial charge in [0.15, 0.2) is 5.82 Å². The van der Waals surface area contributed by atoms with Crippen molar-refractivity contribution in [3.63, 3.8) is 0 Å². The van der Waals surface area contributed by atoms with E-state index >= 15 is 0 Å². The number of anilines is 1. The first-order valence-electron chi connectivity index (χ1n) is 5.29. The molecule has 4 nitrogen and oxygen atoms in total. The number of carbonyl (C=O) groups excluding carboxylic acids is 1. The van der Waals surface area contributed by atoms with Gasteiger partial charge in [0, 0.05) is 6.07 Å². The summed E-state index contributed by atoms with van der Waals surface area (Å²) in [5.74, 6) is -6.63. The zero-order chi connectivity index (χ0) is 14.0. The molecular weight excluding hydrogens is 261 g/mol. The number of halogens is 3. The van der Waals surface area contributed by atoms with Crippen molar-refractivity contribution >= 4 is 11.7 Å². The number of rotatable bonds is 3. The van der Waals surface area contributed by atoms with Crippen LogP contribution in [0.4, 0.5) is 19.0 Å². The Labute approximate surface area is 106 Å².